The van der Waals surface area contributed by atoms with Crippen molar-refractivity contribution in [1.82, 2.24) is 5.32 Å². The molecule has 19 heavy (non-hydrogen) atoms. The zero-order valence-corrected chi connectivity index (χ0v) is 12.2. The molecule has 0 aromatic heterocycles. The van der Waals surface area contributed by atoms with E-state index in [-0.39, 0.29) is 5.97 Å². The van der Waals surface area contributed by atoms with Crippen LogP contribution in [0.4, 0.5) is 0 Å². The summed E-state index contributed by atoms with van der Waals surface area (Å²) in [7, 11) is 1.45. The molecule has 104 valence electrons. The second-order valence-corrected chi connectivity index (χ2v) is 5.82. The normalized spacial score (nSPS) is 17.9. The Kier molecular flexibility index (Phi) is 3.95. The molecule has 3 heteroatoms. The van der Waals surface area contributed by atoms with Gasteiger partial charge in [0.15, 0.2) is 0 Å². The van der Waals surface area contributed by atoms with Gasteiger partial charge in [-0.1, -0.05) is 29.3 Å². The fourth-order valence-corrected chi connectivity index (χ4v) is 2.43. The maximum atomic E-state index is 12.2. The molecule has 0 bridgehead atoms. The fraction of sp³-hybridized carbons (Fsp3) is 0.562. The lowest BCUT2D eigenvalue weighted by atomic mass is 9.89. The van der Waals surface area contributed by atoms with Crippen LogP contribution in [0, 0.1) is 19.8 Å². The van der Waals surface area contributed by atoms with Crippen molar-refractivity contribution in [2.45, 2.75) is 39.2 Å². The molecule has 1 unspecified atom stereocenters. The Hall–Kier alpha value is -1.35. The molecule has 0 radical (unpaired) electrons. The van der Waals surface area contributed by atoms with E-state index in [0.29, 0.717) is 0 Å². The first-order chi connectivity index (χ1) is 8.95. The van der Waals surface area contributed by atoms with E-state index >= 15 is 0 Å². The lowest BCUT2D eigenvalue weighted by Gasteiger charge is -2.29. The average Bonchev–Trinajstić information content (AvgIpc) is 3.17. The summed E-state index contributed by atoms with van der Waals surface area (Å²) in [6, 6.07) is 6.23. The molecule has 2 rings (SSSR count). The molecule has 1 aromatic carbocycles. The van der Waals surface area contributed by atoms with E-state index in [4.69, 9.17) is 4.74 Å². The summed E-state index contributed by atoms with van der Waals surface area (Å²) < 4.78 is 5.00. The van der Waals surface area contributed by atoms with E-state index in [9.17, 15) is 4.79 Å². The highest BCUT2D eigenvalue weighted by Crippen LogP contribution is 2.31. The number of rotatable bonds is 5. The highest BCUT2D eigenvalue weighted by atomic mass is 16.5. The molecule has 1 atom stereocenters. The number of hydrogen-bond acceptors (Lipinski definition) is 3. The number of aryl methyl sites for hydroxylation is 2. The van der Waals surface area contributed by atoms with Gasteiger partial charge in [-0.25, -0.2) is 4.79 Å². The first kappa shape index (κ1) is 14.1. The number of carbonyl (C=O) groups is 1. The Labute approximate surface area is 115 Å². The van der Waals surface area contributed by atoms with Crippen molar-refractivity contribution in [2.75, 3.05) is 13.7 Å². The van der Waals surface area contributed by atoms with Crippen LogP contribution in [0.25, 0.3) is 0 Å². The van der Waals surface area contributed by atoms with Crippen molar-refractivity contribution < 1.29 is 9.53 Å². The van der Waals surface area contributed by atoms with Crippen LogP contribution >= 0.6 is 0 Å². The molecule has 1 aromatic rings. The van der Waals surface area contributed by atoms with Gasteiger partial charge in [-0.2, -0.15) is 0 Å². The Balaban J connectivity index is 2.31. The molecule has 3 nitrogen and oxygen atoms in total. The highest BCUT2D eigenvalue weighted by molar-refractivity contribution is 5.82. The van der Waals surface area contributed by atoms with E-state index in [2.05, 4.69) is 37.4 Å². The van der Waals surface area contributed by atoms with Gasteiger partial charge < -0.3 is 4.74 Å². The molecular weight excluding hydrogens is 238 g/mol. The standard InChI is InChI=1S/C16H23NO2/c1-11-7-12(2)9-14(8-11)16(3,15(18)19-4)17-10-13-5-6-13/h7-9,13,17H,5-6,10H2,1-4H3. The quantitative estimate of drug-likeness (QED) is 0.828. The maximum Gasteiger partial charge on any atom is 0.330 e. The van der Waals surface area contributed by atoms with Crippen molar-refractivity contribution >= 4 is 5.97 Å². The summed E-state index contributed by atoms with van der Waals surface area (Å²) in [5.74, 6) is 0.494. The fourth-order valence-electron chi connectivity index (χ4n) is 2.43. The first-order valence-corrected chi connectivity index (χ1v) is 6.88. The lowest BCUT2D eigenvalue weighted by molar-refractivity contribution is -0.148. The number of nitrogens with one attached hydrogen (secondary N) is 1. The highest BCUT2D eigenvalue weighted by Gasteiger charge is 2.37. The van der Waals surface area contributed by atoms with Crippen LogP contribution in [0.1, 0.15) is 36.5 Å². The number of methoxy groups -OCH3 is 1. The topological polar surface area (TPSA) is 38.3 Å². The predicted molar refractivity (Wildman–Crippen MR) is 76.0 cm³/mol. The van der Waals surface area contributed by atoms with Gasteiger partial charge >= 0.3 is 5.97 Å². The van der Waals surface area contributed by atoms with E-state index in [1.165, 1.54) is 31.1 Å². The van der Waals surface area contributed by atoms with E-state index in [1.54, 1.807) is 0 Å². The molecule has 0 heterocycles. The zero-order valence-electron chi connectivity index (χ0n) is 12.2. The van der Waals surface area contributed by atoms with Gasteiger partial charge in [0.05, 0.1) is 7.11 Å². The van der Waals surface area contributed by atoms with Crippen LogP contribution in [0.3, 0.4) is 0 Å². The Morgan fingerprint density at radius 2 is 1.89 bits per heavy atom. The molecule has 1 aliphatic rings. The van der Waals surface area contributed by atoms with Crippen LogP contribution in [-0.4, -0.2) is 19.6 Å². The summed E-state index contributed by atoms with van der Waals surface area (Å²) >= 11 is 0. The third-order valence-electron chi connectivity index (χ3n) is 3.83. The van der Waals surface area contributed by atoms with Crippen LogP contribution in [-0.2, 0) is 15.1 Å². The minimum atomic E-state index is -0.756. The largest absolute Gasteiger partial charge is 0.467 e. The number of esters is 1. The van der Waals surface area contributed by atoms with Crippen LogP contribution < -0.4 is 5.32 Å². The molecule has 0 aliphatic heterocycles. The van der Waals surface area contributed by atoms with Crippen LogP contribution in [0.15, 0.2) is 18.2 Å². The summed E-state index contributed by atoms with van der Waals surface area (Å²) in [5, 5.41) is 3.40. The predicted octanol–water partition coefficient (Wildman–Crippen LogP) is 2.69. The maximum absolute atomic E-state index is 12.2. The van der Waals surface area contributed by atoms with Crippen molar-refractivity contribution in [2.24, 2.45) is 5.92 Å². The Bertz CT molecular complexity index is 459. The lowest BCUT2D eigenvalue weighted by Crippen LogP contribution is -2.48. The van der Waals surface area contributed by atoms with Gasteiger partial charge in [0.1, 0.15) is 5.54 Å². The van der Waals surface area contributed by atoms with Crippen LogP contribution in [0.5, 0.6) is 0 Å². The number of hydrogen-bond donors (Lipinski definition) is 1. The third-order valence-corrected chi connectivity index (χ3v) is 3.83. The van der Waals surface area contributed by atoms with Crippen molar-refractivity contribution in [3.8, 4) is 0 Å². The summed E-state index contributed by atoms with van der Waals surface area (Å²) in [6.45, 7) is 6.89. The molecule has 1 aliphatic carbocycles. The number of ether oxygens (including phenoxy) is 1. The van der Waals surface area contributed by atoms with E-state index in [1.807, 2.05) is 6.92 Å². The summed E-state index contributed by atoms with van der Waals surface area (Å²) in [5.41, 5.74) is 2.56. The Morgan fingerprint density at radius 1 is 1.32 bits per heavy atom. The van der Waals surface area contributed by atoms with Gasteiger partial charge in [-0.3, -0.25) is 5.32 Å². The third kappa shape index (κ3) is 3.16. The van der Waals surface area contributed by atoms with E-state index in [0.717, 1.165) is 18.0 Å². The second kappa shape index (κ2) is 5.33. The van der Waals surface area contributed by atoms with E-state index < -0.39 is 5.54 Å². The van der Waals surface area contributed by atoms with Crippen molar-refractivity contribution in [3.05, 3.63) is 34.9 Å². The van der Waals surface area contributed by atoms with Gasteiger partial charge in [0, 0.05) is 0 Å². The minimum Gasteiger partial charge on any atom is -0.467 e. The van der Waals surface area contributed by atoms with Gasteiger partial charge in [-0.15, -0.1) is 0 Å². The molecular formula is C16H23NO2. The SMILES string of the molecule is COC(=O)C(C)(NCC1CC1)c1cc(C)cc(C)c1. The Morgan fingerprint density at radius 3 is 2.37 bits per heavy atom. The van der Waals surface area contributed by atoms with Crippen molar-refractivity contribution in [3.63, 3.8) is 0 Å². The smallest absolute Gasteiger partial charge is 0.330 e. The van der Waals surface area contributed by atoms with Crippen LogP contribution in [0.2, 0.25) is 0 Å². The molecule has 1 fully saturated rings. The molecule has 0 amide bonds. The zero-order chi connectivity index (χ0) is 14.0. The van der Waals surface area contributed by atoms with Gasteiger partial charge in [0.2, 0.25) is 0 Å². The summed E-state index contributed by atoms with van der Waals surface area (Å²) in [4.78, 5) is 12.2. The van der Waals surface area contributed by atoms with Crippen molar-refractivity contribution in [1.29, 1.82) is 0 Å². The first-order valence-electron chi connectivity index (χ1n) is 6.88. The average molecular weight is 261 g/mol. The molecule has 0 saturated heterocycles. The van der Waals surface area contributed by atoms with Gasteiger partial charge in [-0.05, 0) is 51.6 Å². The minimum absolute atomic E-state index is 0.224. The summed E-state index contributed by atoms with van der Waals surface area (Å²) in [6.07, 6.45) is 2.52. The molecule has 0 spiro atoms. The monoisotopic (exact) mass is 261 g/mol. The van der Waals surface area contributed by atoms with Gasteiger partial charge in [0.25, 0.3) is 0 Å². The number of benzene rings is 1. The molecule has 1 saturated carbocycles. The number of carbonyl (C=O) groups excluding carboxylic acids is 1. The molecule has 1 N–H and O–H groups in total. The second-order valence-electron chi connectivity index (χ2n) is 5.82.